The molecule has 1 amide bonds. The molecule has 2 aromatic carbocycles. The molecule has 6 heteroatoms. The Kier molecular flexibility index (Phi) is 5.94. The molecule has 23 heavy (non-hydrogen) atoms. The topological polar surface area (TPSA) is 73.6 Å². The quantitative estimate of drug-likeness (QED) is 0.764. The number of para-hydroxylation sites is 3. The Morgan fingerprint density at radius 3 is 2.35 bits per heavy atom. The smallest absolute Gasteiger partial charge is 0.262 e. The van der Waals surface area contributed by atoms with Gasteiger partial charge in [-0.3, -0.25) is 4.79 Å². The SMILES string of the molecule is CCOc1ccccc1OCC(=O)Nc1ccccc1C(N)=S. The molecule has 2 aromatic rings. The lowest BCUT2D eigenvalue weighted by atomic mass is 10.2. The number of hydrogen-bond acceptors (Lipinski definition) is 4. The highest BCUT2D eigenvalue weighted by molar-refractivity contribution is 7.80. The normalized spacial score (nSPS) is 9.96. The van der Waals surface area contributed by atoms with E-state index in [1.165, 1.54) is 0 Å². The Hall–Kier alpha value is -2.60. The maximum atomic E-state index is 12.1. The molecule has 0 bridgehead atoms. The molecular weight excluding hydrogens is 312 g/mol. The van der Waals surface area contributed by atoms with Gasteiger partial charge >= 0.3 is 0 Å². The van der Waals surface area contributed by atoms with Crippen molar-refractivity contribution in [2.24, 2.45) is 5.73 Å². The number of carbonyl (C=O) groups excluding carboxylic acids is 1. The molecule has 0 spiro atoms. The Labute approximate surface area is 140 Å². The third kappa shape index (κ3) is 4.69. The Morgan fingerprint density at radius 1 is 1.09 bits per heavy atom. The number of amides is 1. The Morgan fingerprint density at radius 2 is 1.70 bits per heavy atom. The zero-order valence-corrected chi connectivity index (χ0v) is 13.6. The van der Waals surface area contributed by atoms with Crippen molar-refractivity contribution >= 4 is 28.8 Å². The van der Waals surface area contributed by atoms with Gasteiger partial charge in [0.25, 0.3) is 5.91 Å². The molecule has 0 aliphatic rings. The molecular formula is C17H18N2O3S. The van der Waals surface area contributed by atoms with E-state index >= 15 is 0 Å². The number of ether oxygens (including phenoxy) is 2. The minimum Gasteiger partial charge on any atom is -0.490 e. The monoisotopic (exact) mass is 330 g/mol. The van der Waals surface area contributed by atoms with E-state index in [4.69, 9.17) is 27.4 Å². The van der Waals surface area contributed by atoms with Crippen LogP contribution in [0.5, 0.6) is 11.5 Å². The van der Waals surface area contributed by atoms with Gasteiger partial charge in [0, 0.05) is 5.56 Å². The number of benzene rings is 2. The summed E-state index contributed by atoms with van der Waals surface area (Å²) >= 11 is 4.97. The summed E-state index contributed by atoms with van der Waals surface area (Å²) < 4.78 is 11.0. The molecule has 0 heterocycles. The van der Waals surface area contributed by atoms with Gasteiger partial charge in [-0.15, -0.1) is 0 Å². The van der Waals surface area contributed by atoms with Crippen LogP contribution in [0.1, 0.15) is 12.5 Å². The molecule has 0 atom stereocenters. The molecule has 0 aliphatic carbocycles. The molecule has 0 radical (unpaired) electrons. The van der Waals surface area contributed by atoms with Crippen molar-refractivity contribution in [1.29, 1.82) is 0 Å². The third-order valence-electron chi connectivity index (χ3n) is 2.97. The minimum absolute atomic E-state index is 0.143. The Balaban J connectivity index is 2.00. The summed E-state index contributed by atoms with van der Waals surface area (Å²) in [5, 5.41) is 2.74. The highest BCUT2D eigenvalue weighted by atomic mass is 32.1. The molecule has 0 unspecified atom stereocenters. The fourth-order valence-electron chi connectivity index (χ4n) is 1.98. The summed E-state index contributed by atoms with van der Waals surface area (Å²) in [4.78, 5) is 12.3. The molecule has 0 saturated carbocycles. The Bertz CT molecular complexity index is 704. The van der Waals surface area contributed by atoms with Gasteiger partial charge in [-0.05, 0) is 31.2 Å². The zero-order chi connectivity index (χ0) is 16.7. The maximum Gasteiger partial charge on any atom is 0.262 e. The van der Waals surface area contributed by atoms with E-state index in [9.17, 15) is 4.79 Å². The lowest BCUT2D eigenvalue weighted by Gasteiger charge is -2.13. The molecule has 3 N–H and O–H groups in total. The van der Waals surface area contributed by atoms with Gasteiger partial charge < -0.3 is 20.5 Å². The highest BCUT2D eigenvalue weighted by Crippen LogP contribution is 2.26. The summed E-state index contributed by atoms with van der Waals surface area (Å²) in [5.41, 5.74) is 6.82. The van der Waals surface area contributed by atoms with Crippen molar-refractivity contribution < 1.29 is 14.3 Å². The van der Waals surface area contributed by atoms with Crippen molar-refractivity contribution in [3.63, 3.8) is 0 Å². The number of nitrogens with two attached hydrogens (primary N) is 1. The average Bonchev–Trinajstić information content (AvgIpc) is 2.54. The number of anilines is 1. The number of carbonyl (C=O) groups is 1. The van der Waals surface area contributed by atoms with Crippen molar-refractivity contribution in [3.8, 4) is 11.5 Å². The van der Waals surface area contributed by atoms with E-state index in [1.54, 1.807) is 36.4 Å². The second-order valence-corrected chi connectivity index (χ2v) is 5.07. The molecule has 5 nitrogen and oxygen atoms in total. The summed E-state index contributed by atoms with van der Waals surface area (Å²) in [6, 6.07) is 14.3. The van der Waals surface area contributed by atoms with Crippen LogP contribution >= 0.6 is 12.2 Å². The van der Waals surface area contributed by atoms with Gasteiger partial charge in [0.15, 0.2) is 18.1 Å². The van der Waals surface area contributed by atoms with E-state index in [1.807, 2.05) is 19.1 Å². The fourth-order valence-corrected chi connectivity index (χ4v) is 2.16. The van der Waals surface area contributed by atoms with Crippen molar-refractivity contribution in [2.45, 2.75) is 6.92 Å². The van der Waals surface area contributed by atoms with E-state index in [0.29, 0.717) is 29.4 Å². The number of rotatable bonds is 7. The molecule has 0 fully saturated rings. The van der Waals surface area contributed by atoms with Crippen LogP contribution in [0.4, 0.5) is 5.69 Å². The number of hydrogen-bond donors (Lipinski definition) is 2. The van der Waals surface area contributed by atoms with Gasteiger partial charge in [-0.2, -0.15) is 0 Å². The maximum absolute atomic E-state index is 12.1. The van der Waals surface area contributed by atoms with Crippen LogP contribution in [0.2, 0.25) is 0 Å². The van der Waals surface area contributed by atoms with Crippen LogP contribution in [-0.2, 0) is 4.79 Å². The predicted molar refractivity (Wildman–Crippen MR) is 94.1 cm³/mol. The standard InChI is InChI=1S/C17H18N2O3S/c1-2-21-14-9-5-6-10-15(14)22-11-16(20)19-13-8-4-3-7-12(13)17(18)23/h3-10H,2,11H2,1H3,(H2,18,23)(H,19,20). The predicted octanol–water partition coefficient (Wildman–Crippen LogP) is 2.74. The van der Waals surface area contributed by atoms with Gasteiger partial charge in [-0.1, -0.05) is 36.5 Å². The van der Waals surface area contributed by atoms with Crippen molar-refractivity contribution in [3.05, 3.63) is 54.1 Å². The average molecular weight is 330 g/mol. The van der Waals surface area contributed by atoms with Crippen LogP contribution in [-0.4, -0.2) is 24.1 Å². The van der Waals surface area contributed by atoms with Crippen LogP contribution in [0.15, 0.2) is 48.5 Å². The van der Waals surface area contributed by atoms with Crippen molar-refractivity contribution in [2.75, 3.05) is 18.5 Å². The van der Waals surface area contributed by atoms with Crippen LogP contribution in [0.25, 0.3) is 0 Å². The van der Waals surface area contributed by atoms with Crippen LogP contribution < -0.4 is 20.5 Å². The number of thiocarbonyl (C=S) groups is 1. The third-order valence-corrected chi connectivity index (χ3v) is 3.19. The zero-order valence-electron chi connectivity index (χ0n) is 12.7. The molecule has 0 aliphatic heterocycles. The molecule has 2 rings (SSSR count). The van der Waals surface area contributed by atoms with Crippen LogP contribution in [0, 0.1) is 0 Å². The minimum atomic E-state index is -0.306. The van der Waals surface area contributed by atoms with E-state index in [2.05, 4.69) is 5.32 Å². The first-order valence-corrected chi connectivity index (χ1v) is 7.56. The fraction of sp³-hybridized carbons (Fsp3) is 0.176. The lowest BCUT2D eigenvalue weighted by molar-refractivity contribution is -0.118. The van der Waals surface area contributed by atoms with E-state index in [-0.39, 0.29) is 17.5 Å². The second-order valence-electron chi connectivity index (χ2n) is 4.63. The van der Waals surface area contributed by atoms with Gasteiger partial charge in [0.1, 0.15) is 4.99 Å². The first-order valence-electron chi connectivity index (χ1n) is 7.15. The van der Waals surface area contributed by atoms with Gasteiger partial charge in [0.05, 0.1) is 12.3 Å². The van der Waals surface area contributed by atoms with E-state index in [0.717, 1.165) is 0 Å². The van der Waals surface area contributed by atoms with E-state index < -0.39 is 0 Å². The summed E-state index contributed by atoms with van der Waals surface area (Å²) in [6.45, 7) is 2.26. The molecule has 0 saturated heterocycles. The summed E-state index contributed by atoms with van der Waals surface area (Å²) in [6.07, 6.45) is 0. The van der Waals surface area contributed by atoms with Crippen LogP contribution in [0.3, 0.4) is 0 Å². The first kappa shape index (κ1) is 16.8. The molecule has 0 aromatic heterocycles. The largest absolute Gasteiger partial charge is 0.490 e. The van der Waals surface area contributed by atoms with Gasteiger partial charge in [0.2, 0.25) is 0 Å². The lowest BCUT2D eigenvalue weighted by Crippen LogP contribution is -2.22. The van der Waals surface area contributed by atoms with Crippen molar-refractivity contribution in [1.82, 2.24) is 0 Å². The summed E-state index contributed by atoms with van der Waals surface area (Å²) in [5.74, 6) is 0.818. The first-order chi connectivity index (χ1) is 11.1. The summed E-state index contributed by atoms with van der Waals surface area (Å²) in [7, 11) is 0. The highest BCUT2D eigenvalue weighted by Gasteiger charge is 2.10. The number of nitrogens with one attached hydrogen (secondary N) is 1. The molecule has 120 valence electrons. The second kappa shape index (κ2) is 8.14. The van der Waals surface area contributed by atoms with Gasteiger partial charge in [-0.25, -0.2) is 0 Å².